The lowest BCUT2D eigenvalue weighted by Gasteiger charge is -2.39. The molecule has 1 fully saturated rings. The number of hydrogen-bond acceptors (Lipinski definition) is 5. The SMILES string of the molecule is Cn1cnc2c1[C@H](C(=O)NCc1ccco1)CN(C1CCOCC1)C2. The van der Waals surface area contributed by atoms with E-state index in [-0.39, 0.29) is 11.8 Å². The maximum Gasteiger partial charge on any atom is 0.230 e. The third-order valence-corrected chi connectivity index (χ3v) is 5.20. The van der Waals surface area contributed by atoms with Crippen LogP contribution in [0.3, 0.4) is 0 Å². The van der Waals surface area contributed by atoms with Crippen LogP contribution in [-0.2, 0) is 29.7 Å². The summed E-state index contributed by atoms with van der Waals surface area (Å²) in [4.78, 5) is 19.8. The minimum atomic E-state index is -0.214. The van der Waals surface area contributed by atoms with E-state index in [9.17, 15) is 4.79 Å². The second-order valence-electron chi connectivity index (χ2n) is 6.81. The molecule has 4 heterocycles. The fraction of sp³-hybridized carbons (Fsp3) is 0.556. The predicted molar refractivity (Wildman–Crippen MR) is 90.8 cm³/mol. The molecule has 2 aromatic heterocycles. The summed E-state index contributed by atoms with van der Waals surface area (Å²) in [5.74, 6) is 0.572. The van der Waals surface area contributed by atoms with Gasteiger partial charge in [-0.25, -0.2) is 4.98 Å². The van der Waals surface area contributed by atoms with E-state index in [0.717, 1.165) is 56.3 Å². The summed E-state index contributed by atoms with van der Waals surface area (Å²) in [7, 11) is 1.96. The van der Waals surface area contributed by atoms with Crippen LogP contribution in [0.5, 0.6) is 0 Å². The first-order valence-corrected chi connectivity index (χ1v) is 8.84. The molecular formula is C18H24N4O3. The monoisotopic (exact) mass is 344 g/mol. The predicted octanol–water partition coefficient (Wildman–Crippen LogP) is 1.41. The summed E-state index contributed by atoms with van der Waals surface area (Å²) in [5, 5.41) is 3.01. The molecule has 2 aromatic rings. The number of hydrogen-bond donors (Lipinski definition) is 1. The minimum absolute atomic E-state index is 0.0259. The highest BCUT2D eigenvalue weighted by Crippen LogP contribution is 2.30. The number of rotatable bonds is 4. The highest BCUT2D eigenvalue weighted by molar-refractivity contribution is 5.84. The molecule has 7 nitrogen and oxygen atoms in total. The van der Waals surface area contributed by atoms with Crippen LogP contribution in [0.1, 0.15) is 35.9 Å². The molecule has 25 heavy (non-hydrogen) atoms. The Morgan fingerprint density at radius 3 is 3.00 bits per heavy atom. The number of ether oxygens (including phenoxy) is 1. The Labute approximate surface area is 147 Å². The number of aromatic nitrogens is 2. The van der Waals surface area contributed by atoms with Crippen LogP contribution in [0, 0.1) is 0 Å². The Kier molecular flexibility index (Phi) is 4.59. The largest absolute Gasteiger partial charge is 0.467 e. The number of furan rings is 1. The van der Waals surface area contributed by atoms with Crippen molar-refractivity contribution >= 4 is 5.91 Å². The highest BCUT2D eigenvalue weighted by Gasteiger charge is 2.36. The standard InChI is InChI=1S/C18H24N4O3/c1-21-12-20-16-11-22(13-4-7-24-8-5-13)10-15(17(16)21)18(23)19-9-14-3-2-6-25-14/h2-3,6,12-13,15H,4-5,7-11H2,1H3,(H,19,23)/t15-/m1/s1. The number of carbonyl (C=O) groups excluding carboxylic acids is 1. The second kappa shape index (κ2) is 7.01. The van der Waals surface area contributed by atoms with E-state index in [1.165, 1.54) is 0 Å². The number of fused-ring (bicyclic) bond motifs is 1. The van der Waals surface area contributed by atoms with Crippen LogP contribution in [-0.4, -0.2) is 46.2 Å². The average Bonchev–Trinajstić information content (AvgIpc) is 3.30. The Morgan fingerprint density at radius 2 is 2.24 bits per heavy atom. The van der Waals surface area contributed by atoms with Gasteiger partial charge in [-0.1, -0.05) is 0 Å². The Morgan fingerprint density at radius 1 is 1.40 bits per heavy atom. The van der Waals surface area contributed by atoms with Gasteiger partial charge in [-0.05, 0) is 25.0 Å². The van der Waals surface area contributed by atoms with E-state index in [1.54, 1.807) is 6.26 Å². The van der Waals surface area contributed by atoms with Gasteiger partial charge in [-0.3, -0.25) is 9.69 Å². The molecule has 7 heteroatoms. The van der Waals surface area contributed by atoms with E-state index in [1.807, 2.05) is 30.1 Å². The molecule has 0 radical (unpaired) electrons. The number of imidazole rings is 1. The summed E-state index contributed by atoms with van der Waals surface area (Å²) in [6.07, 6.45) is 5.46. The molecule has 4 rings (SSSR count). The lowest BCUT2D eigenvalue weighted by molar-refractivity contribution is -0.124. The summed E-state index contributed by atoms with van der Waals surface area (Å²) in [5.41, 5.74) is 2.04. The van der Waals surface area contributed by atoms with E-state index in [2.05, 4.69) is 15.2 Å². The number of aryl methyl sites for hydroxylation is 1. The Balaban J connectivity index is 1.51. The third kappa shape index (κ3) is 3.34. The molecule has 0 aromatic carbocycles. The number of nitrogens with one attached hydrogen (secondary N) is 1. The van der Waals surface area contributed by atoms with Crippen molar-refractivity contribution < 1.29 is 13.9 Å². The van der Waals surface area contributed by atoms with Crippen molar-refractivity contribution in [3.63, 3.8) is 0 Å². The maximum atomic E-state index is 12.9. The molecule has 1 atom stereocenters. The van der Waals surface area contributed by atoms with Crippen molar-refractivity contribution in [3.8, 4) is 0 Å². The highest BCUT2D eigenvalue weighted by atomic mass is 16.5. The lowest BCUT2D eigenvalue weighted by Crippen LogP contribution is -2.47. The maximum absolute atomic E-state index is 12.9. The quantitative estimate of drug-likeness (QED) is 0.908. The summed E-state index contributed by atoms with van der Waals surface area (Å²) in [6.45, 7) is 3.54. The third-order valence-electron chi connectivity index (χ3n) is 5.20. The Hall–Kier alpha value is -2.12. The average molecular weight is 344 g/mol. The molecule has 0 saturated carbocycles. The van der Waals surface area contributed by atoms with Gasteiger partial charge in [0.15, 0.2) is 0 Å². The molecule has 2 aliphatic rings. The topological polar surface area (TPSA) is 72.5 Å². The zero-order valence-electron chi connectivity index (χ0n) is 14.5. The van der Waals surface area contributed by atoms with Crippen LogP contribution < -0.4 is 5.32 Å². The molecule has 0 unspecified atom stereocenters. The fourth-order valence-electron chi connectivity index (χ4n) is 3.88. The number of amides is 1. The van der Waals surface area contributed by atoms with Crippen LogP contribution in [0.4, 0.5) is 0 Å². The minimum Gasteiger partial charge on any atom is -0.467 e. The van der Waals surface area contributed by atoms with Gasteiger partial charge in [0, 0.05) is 39.4 Å². The summed E-state index contributed by atoms with van der Waals surface area (Å²) in [6, 6.07) is 4.16. The lowest BCUT2D eigenvalue weighted by atomic mass is 9.94. The molecule has 134 valence electrons. The van der Waals surface area contributed by atoms with Crippen molar-refractivity contribution in [2.45, 2.75) is 37.9 Å². The molecule has 0 aliphatic carbocycles. The fourth-order valence-corrected chi connectivity index (χ4v) is 3.88. The first kappa shape index (κ1) is 16.4. The zero-order chi connectivity index (χ0) is 17.2. The first-order valence-electron chi connectivity index (χ1n) is 8.84. The molecule has 0 spiro atoms. The normalized spacial score (nSPS) is 21.9. The smallest absolute Gasteiger partial charge is 0.230 e. The molecule has 1 N–H and O–H groups in total. The van der Waals surface area contributed by atoms with Crippen molar-refractivity contribution in [2.24, 2.45) is 7.05 Å². The second-order valence-corrected chi connectivity index (χ2v) is 6.81. The molecule has 1 saturated heterocycles. The van der Waals surface area contributed by atoms with Gasteiger partial charge in [0.1, 0.15) is 5.76 Å². The van der Waals surface area contributed by atoms with Gasteiger partial charge >= 0.3 is 0 Å². The first-order chi connectivity index (χ1) is 12.2. The van der Waals surface area contributed by atoms with Gasteiger partial charge in [0.2, 0.25) is 5.91 Å². The summed E-state index contributed by atoms with van der Waals surface area (Å²) >= 11 is 0. The van der Waals surface area contributed by atoms with E-state index >= 15 is 0 Å². The van der Waals surface area contributed by atoms with Gasteiger partial charge < -0.3 is 19.0 Å². The molecular weight excluding hydrogens is 320 g/mol. The van der Waals surface area contributed by atoms with Gasteiger partial charge in [0.25, 0.3) is 0 Å². The van der Waals surface area contributed by atoms with Crippen LogP contribution in [0.25, 0.3) is 0 Å². The van der Waals surface area contributed by atoms with Gasteiger partial charge in [-0.15, -0.1) is 0 Å². The van der Waals surface area contributed by atoms with Gasteiger partial charge in [-0.2, -0.15) is 0 Å². The number of carbonyl (C=O) groups is 1. The van der Waals surface area contributed by atoms with Gasteiger partial charge in [0.05, 0.1) is 36.4 Å². The van der Waals surface area contributed by atoms with Crippen LogP contribution in [0.2, 0.25) is 0 Å². The number of nitrogens with zero attached hydrogens (tertiary/aromatic N) is 3. The molecule has 0 bridgehead atoms. The zero-order valence-corrected chi connectivity index (χ0v) is 14.5. The van der Waals surface area contributed by atoms with E-state index < -0.39 is 0 Å². The Bertz CT molecular complexity index is 719. The van der Waals surface area contributed by atoms with Crippen molar-refractivity contribution in [1.82, 2.24) is 19.8 Å². The van der Waals surface area contributed by atoms with Crippen molar-refractivity contribution in [2.75, 3.05) is 19.8 Å². The van der Waals surface area contributed by atoms with Crippen molar-refractivity contribution in [3.05, 3.63) is 41.9 Å². The van der Waals surface area contributed by atoms with E-state index in [0.29, 0.717) is 12.6 Å². The van der Waals surface area contributed by atoms with Crippen LogP contribution >= 0.6 is 0 Å². The molecule has 1 amide bonds. The molecule has 2 aliphatic heterocycles. The van der Waals surface area contributed by atoms with Crippen LogP contribution in [0.15, 0.2) is 29.1 Å². The summed E-state index contributed by atoms with van der Waals surface area (Å²) < 4.78 is 12.8. The van der Waals surface area contributed by atoms with E-state index in [4.69, 9.17) is 9.15 Å². The van der Waals surface area contributed by atoms with Crippen molar-refractivity contribution in [1.29, 1.82) is 0 Å².